The molecule has 1 aromatic carbocycles. The maximum atomic E-state index is 5.69. The van der Waals surface area contributed by atoms with Crippen molar-refractivity contribution in [3.63, 3.8) is 0 Å². The summed E-state index contributed by atoms with van der Waals surface area (Å²) < 4.78 is 2.17. The maximum Gasteiger partial charge on any atom is 0.170 e. The van der Waals surface area contributed by atoms with E-state index in [9.17, 15) is 0 Å². The van der Waals surface area contributed by atoms with Crippen LogP contribution in [0.25, 0.3) is 5.69 Å². The summed E-state index contributed by atoms with van der Waals surface area (Å²) in [7, 11) is 0. The third kappa shape index (κ3) is 3.60. The lowest BCUT2D eigenvalue weighted by Crippen LogP contribution is -2.30. The molecule has 3 heterocycles. The number of aromatic nitrogens is 2. The van der Waals surface area contributed by atoms with E-state index in [2.05, 4.69) is 75.5 Å². The average Bonchev–Trinajstić information content (AvgIpc) is 3.32. The van der Waals surface area contributed by atoms with Gasteiger partial charge in [0.15, 0.2) is 5.11 Å². The number of thiocarbonyl (C=S) groups is 1. The Kier molecular flexibility index (Phi) is 5.21. The Morgan fingerprint density at radius 3 is 2.63 bits per heavy atom. The molecule has 2 aromatic heterocycles. The van der Waals surface area contributed by atoms with Crippen LogP contribution in [0.15, 0.2) is 73.2 Å². The van der Waals surface area contributed by atoms with Crippen LogP contribution in [0, 0.1) is 0 Å². The van der Waals surface area contributed by atoms with Crippen LogP contribution in [-0.2, 0) is 0 Å². The van der Waals surface area contributed by atoms with Crippen LogP contribution in [-0.4, -0.2) is 26.1 Å². The minimum Gasteiger partial charge on any atom is -0.352 e. The molecule has 1 saturated heterocycles. The van der Waals surface area contributed by atoms with Crippen LogP contribution >= 0.6 is 12.2 Å². The fraction of sp³-hybridized carbons (Fsp3) is 0.273. The summed E-state index contributed by atoms with van der Waals surface area (Å²) in [5.41, 5.74) is 3.43. The SMILES string of the molecule is CCCCN1C(=S)N[C@H](c2ccccn2)[C@@H]1c1ccn(-c2ccccc2)c1. The van der Waals surface area contributed by atoms with E-state index in [0.717, 1.165) is 35.9 Å². The van der Waals surface area contributed by atoms with E-state index in [0.29, 0.717) is 0 Å². The third-order valence-corrected chi connectivity index (χ3v) is 5.41. The number of para-hydroxylation sites is 1. The van der Waals surface area contributed by atoms with E-state index in [1.807, 2.05) is 24.4 Å². The van der Waals surface area contributed by atoms with Crippen molar-refractivity contribution in [2.45, 2.75) is 31.8 Å². The highest BCUT2D eigenvalue weighted by Crippen LogP contribution is 2.39. The molecule has 0 bridgehead atoms. The Morgan fingerprint density at radius 2 is 1.89 bits per heavy atom. The highest BCUT2D eigenvalue weighted by atomic mass is 32.1. The van der Waals surface area contributed by atoms with E-state index >= 15 is 0 Å². The molecule has 0 radical (unpaired) electrons. The molecule has 0 unspecified atom stereocenters. The van der Waals surface area contributed by atoms with Crippen LogP contribution in [0.5, 0.6) is 0 Å². The number of rotatable bonds is 6. The number of hydrogen-bond donors (Lipinski definition) is 1. The number of benzene rings is 1. The van der Waals surface area contributed by atoms with E-state index in [-0.39, 0.29) is 12.1 Å². The van der Waals surface area contributed by atoms with Gasteiger partial charge in [-0.05, 0) is 54.5 Å². The van der Waals surface area contributed by atoms with Gasteiger partial charge in [0, 0.05) is 30.8 Å². The molecule has 27 heavy (non-hydrogen) atoms. The summed E-state index contributed by atoms with van der Waals surface area (Å²) >= 11 is 5.69. The quantitative estimate of drug-likeness (QED) is 0.635. The monoisotopic (exact) mass is 376 g/mol. The second kappa shape index (κ2) is 7.92. The van der Waals surface area contributed by atoms with Gasteiger partial charge in [0.1, 0.15) is 0 Å². The normalized spacial score (nSPS) is 19.3. The molecule has 138 valence electrons. The topological polar surface area (TPSA) is 33.1 Å². The van der Waals surface area contributed by atoms with E-state index in [1.165, 1.54) is 5.56 Å². The second-order valence-corrected chi connectivity index (χ2v) is 7.25. The molecule has 1 N–H and O–H groups in total. The summed E-state index contributed by atoms with van der Waals surface area (Å²) in [5, 5.41) is 4.33. The molecule has 1 aliphatic heterocycles. The van der Waals surface area contributed by atoms with Crippen molar-refractivity contribution in [3.05, 3.63) is 84.4 Å². The predicted molar refractivity (Wildman–Crippen MR) is 113 cm³/mol. The molecule has 0 saturated carbocycles. The van der Waals surface area contributed by atoms with Gasteiger partial charge in [0.25, 0.3) is 0 Å². The van der Waals surface area contributed by atoms with E-state index < -0.39 is 0 Å². The summed E-state index contributed by atoms with van der Waals surface area (Å²) in [6.45, 7) is 3.16. The minimum atomic E-state index is 0.0576. The van der Waals surface area contributed by atoms with Crippen molar-refractivity contribution in [2.24, 2.45) is 0 Å². The number of nitrogens with zero attached hydrogens (tertiary/aromatic N) is 3. The maximum absolute atomic E-state index is 5.69. The minimum absolute atomic E-state index is 0.0576. The molecular formula is C22H24N4S. The van der Waals surface area contributed by atoms with Crippen molar-refractivity contribution >= 4 is 17.3 Å². The van der Waals surface area contributed by atoms with Gasteiger partial charge in [-0.1, -0.05) is 37.6 Å². The average molecular weight is 377 g/mol. The fourth-order valence-electron chi connectivity index (χ4n) is 3.69. The zero-order chi connectivity index (χ0) is 18.6. The molecule has 1 aliphatic rings. The van der Waals surface area contributed by atoms with Crippen LogP contribution in [0.4, 0.5) is 0 Å². The Hall–Kier alpha value is -2.66. The lowest BCUT2D eigenvalue weighted by atomic mass is 9.99. The summed E-state index contributed by atoms with van der Waals surface area (Å²) in [5.74, 6) is 0. The molecule has 3 aromatic rings. The standard InChI is InChI=1S/C22H24N4S/c1-2-3-14-26-21(20(24-22(26)27)19-11-7-8-13-23-19)17-12-15-25(16-17)18-9-5-4-6-10-18/h4-13,15-16,20-21H,2-3,14H2,1H3,(H,24,27)/t20-,21+/m1/s1. The van der Waals surface area contributed by atoms with Gasteiger partial charge < -0.3 is 14.8 Å². The molecule has 1 fully saturated rings. The van der Waals surface area contributed by atoms with Crippen molar-refractivity contribution in [1.82, 2.24) is 19.8 Å². The molecule has 4 nitrogen and oxygen atoms in total. The van der Waals surface area contributed by atoms with E-state index in [1.54, 1.807) is 0 Å². The summed E-state index contributed by atoms with van der Waals surface area (Å²) in [6.07, 6.45) is 8.45. The van der Waals surface area contributed by atoms with Crippen molar-refractivity contribution in [3.8, 4) is 5.69 Å². The first-order chi connectivity index (χ1) is 13.3. The number of unbranched alkanes of at least 4 members (excludes halogenated alkanes) is 1. The summed E-state index contributed by atoms with van der Waals surface area (Å²) in [6, 6.07) is 18.9. The number of nitrogens with one attached hydrogen (secondary N) is 1. The molecule has 0 aliphatic carbocycles. The first kappa shape index (κ1) is 17.7. The van der Waals surface area contributed by atoms with Crippen LogP contribution < -0.4 is 5.32 Å². The molecule has 5 heteroatoms. The smallest absolute Gasteiger partial charge is 0.170 e. The van der Waals surface area contributed by atoms with Crippen LogP contribution in [0.3, 0.4) is 0 Å². The lowest BCUT2D eigenvalue weighted by Gasteiger charge is -2.27. The Labute approximate surface area is 165 Å². The van der Waals surface area contributed by atoms with Gasteiger partial charge in [-0.3, -0.25) is 4.98 Å². The van der Waals surface area contributed by atoms with Crippen LogP contribution in [0.2, 0.25) is 0 Å². The fourth-order valence-corrected chi connectivity index (χ4v) is 4.02. The Balaban J connectivity index is 1.70. The molecule has 4 rings (SSSR count). The van der Waals surface area contributed by atoms with Crippen LogP contribution in [0.1, 0.15) is 43.1 Å². The summed E-state index contributed by atoms with van der Waals surface area (Å²) in [4.78, 5) is 6.92. The molecule has 0 amide bonds. The van der Waals surface area contributed by atoms with Gasteiger partial charge in [0.05, 0.1) is 17.8 Å². The molecule has 0 spiro atoms. The Bertz CT molecular complexity index is 891. The molecule has 2 atom stereocenters. The van der Waals surface area contributed by atoms with Crippen molar-refractivity contribution in [1.29, 1.82) is 0 Å². The number of hydrogen-bond acceptors (Lipinski definition) is 2. The van der Waals surface area contributed by atoms with Gasteiger partial charge in [-0.15, -0.1) is 0 Å². The lowest BCUT2D eigenvalue weighted by molar-refractivity contribution is 0.313. The van der Waals surface area contributed by atoms with Crippen molar-refractivity contribution < 1.29 is 0 Å². The van der Waals surface area contributed by atoms with Gasteiger partial charge in [0.2, 0.25) is 0 Å². The van der Waals surface area contributed by atoms with E-state index in [4.69, 9.17) is 12.2 Å². The highest BCUT2D eigenvalue weighted by Gasteiger charge is 2.39. The first-order valence-corrected chi connectivity index (χ1v) is 9.90. The predicted octanol–water partition coefficient (Wildman–Crippen LogP) is 4.64. The second-order valence-electron chi connectivity index (χ2n) is 6.86. The van der Waals surface area contributed by atoms with Crippen molar-refractivity contribution in [2.75, 3.05) is 6.54 Å². The highest BCUT2D eigenvalue weighted by molar-refractivity contribution is 7.80. The first-order valence-electron chi connectivity index (χ1n) is 9.49. The van der Waals surface area contributed by atoms with Gasteiger partial charge in [-0.2, -0.15) is 0 Å². The zero-order valence-corrected chi connectivity index (χ0v) is 16.3. The number of pyridine rings is 1. The molecular weight excluding hydrogens is 352 g/mol. The Morgan fingerprint density at radius 1 is 1.07 bits per heavy atom. The van der Waals surface area contributed by atoms with Gasteiger partial charge >= 0.3 is 0 Å². The zero-order valence-electron chi connectivity index (χ0n) is 15.5. The third-order valence-electron chi connectivity index (χ3n) is 5.06. The largest absolute Gasteiger partial charge is 0.352 e. The van der Waals surface area contributed by atoms with Gasteiger partial charge in [-0.25, -0.2) is 0 Å².